The highest BCUT2D eigenvalue weighted by Gasteiger charge is 2.28. The lowest BCUT2D eigenvalue weighted by Gasteiger charge is -2.31. The number of rotatable bonds is 6. The summed E-state index contributed by atoms with van der Waals surface area (Å²) in [6.07, 6.45) is 4.58. The van der Waals surface area contributed by atoms with Crippen LogP contribution in [0.15, 0.2) is 36.5 Å². The fraction of sp³-hybridized carbons (Fsp3) is 0.524. The number of aryl methyl sites for hydroxylation is 1. The summed E-state index contributed by atoms with van der Waals surface area (Å²) in [5.74, 6) is 2.40. The summed E-state index contributed by atoms with van der Waals surface area (Å²) < 4.78 is 13.4. The van der Waals surface area contributed by atoms with Crippen molar-refractivity contribution in [2.45, 2.75) is 39.3 Å². The summed E-state index contributed by atoms with van der Waals surface area (Å²) in [4.78, 5) is 2.62. The molecule has 1 aliphatic heterocycles. The highest BCUT2D eigenvalue weighted by atomic mass is 16.5. The zero-order valence-electron chi connectivity index (χ0n) is 15.9. The molecule has 0 aliphatic carbocycles. The Morgan fingerprint density at radius 1 is 1.08 bits per heavy atom. The van der Waals surface area contributed by atoms with Crippen molar-refractivity contribution >= 4 is 0 Å². The van der Waals surface area contributed by atoms with Crippen LogP contribution in [0.1, 0.15) is 44.0 Å². The number of methoxy groups -OCH3 is 2. The van der Waals surface area contributed by atoms with Crippen LogP contribution in [0.2, 0.25) is 0 Å². The minimum atomic E-state index is 0.236. The van der Waals surface area contributed by atoms with E-state index in [1.807, 2.05) is 6.07 Å². The van der Waals surface area contributed by atoms with Crippen LogP contribution in [-0.4, -0.2) is 36.8 Å². The molecule has 2 heterocycles. The van der Waals surface area contributed by atoms with Crippen LogP contribution in [0, 0.1) is 5.92 Å². The average molecular weight is 342 g/mol. The number of hydrogen-bond donors (Lipinski definition) is 0. The Morgan fingerprint density at radius 2 is 1.80 bits per heavy atom. The van der Waals surface area contributed by atoms with E-state index in [2.05, 4.69) is 53.8 Å². The van der Waals surface area contributed by atoms with Gasteiger partial charge in [0.05, 0.1) is 20.3 Å². The maximum atomic E-state index is 5.52. The Morgan fingerprint density at radius 3 is 2.44 bits per heavy atom. The molecule has 1 unspecified atom stereocenters. The van der Waals surface area contributed by atoms with Crippen molar-refractivity contribution in [1.82, 2.24) is 9.47 Å². The molecule has 0 saturated heterocycles. The van der Waals surface area contributed by atoms with Gasteiger partial charge in [-0.25, -0.2) is 0 Å². The van der Waals surface area contributed by atoms with Gasteiger partial charge in [-0.1, -0.05) is 13.8 Å². The fourth-order valence-corrected chi connectivity index (χ4v) is 3.67. The average Bonchev–Trinajstić information content (AvgIpc) is 2.99. The van der Waals surface area contributed by atoms with Gasteiger partial charge in [0.25, 0.3) is 0 Å². The minimum absolute atomic E-state index is 0.236. The third-order valence-corrected chi connectivity index (χ3v) is 5.04. The van der Waals surface area contributed by atoms with Crippen LogP contribution in [0.5, 0.6) is 11.5 Å². The van der Waals surface area contributed by atoms with Crippen molar-refractivity contribution in [2.24, 2.45) is 5.92 Å². The predicted molar refractivity (Wildman–Crippen MR) is 101 cm³/mol. The molecule has 0 radical (unpaired) electrons. The van der Waals surface area contributed by atoms with Crippen molar-refractivity contribution in [3.8, 4) is 11.5 Å². The summed E-state index contributed by atoms with van der Waals surface area (Å²) in [5, 5.41) is 0. The number of fused-ring (bicyclic) bond motifs is 1. The molecule has 0 saturated carbocycles. The standard InChI is InChI=1S/C21H30N2O2/c1-16(2)8-12-23-11-6-10-22-9-5-7-20(22)21(23)17-13-18(24-3)15-19(14-17)25-4/h5,7,9,13-16,21H,6,8,10-12H2,1-4H3. The van der Waals surface area contributed by atoms with Gasteiger partial charge in [-0.15, -0.1) is 0 Å². The molecule has 2 aromatic rings. The molecule has 1 atom stereocenters. The molecule has 0 N–H and O–H groups in total. The van der Waals surface area contributed by atoms with Crippen LogP contribution in [0.25, 0.3) is 0 Å². The summed E-state index contributed by atoms with van der Waals surface area (Å²) in [6, 6.07) is 10.9. The van der Waals surface area contributed by atoms with Gasteiger partial charge < -0.3 is 14.0 Å². The quantitative estimate of drug-likeness (QED) is 0.781. The van der Waals surface area contributed by atoms with Gasteiger partial charge in [0.1, 0.15) is 11.5 Å². The van der Waals surface area contributed by atoms with Crippen molar-refractivity contribution in [3.05, 3.63) is 47.8 Å². The molecule has 0 fully saturated rings. The van der Waals surface area contributed by atoms with Crippen LogP contribution in [0.4, 0.5) is 0 Å². The Kier molecular flexibility index (Phi) is 5.69. The van der Waals surface area contributed by atoms with E-state index in [-0.39, 0.29) is 6.04 Å². The zero-order valence-corrected chi connectivity index (χ0v) is 15.9. The maximum Gasteiger partial charge on any atom is 0.122 e. The van der Waals surface area contributed by atoms with Crippen LogP contribution >= 0.6 is 0 Å². The van der Waals surface area contributed by atoms with Gasteiger partial charge in [-0.3, -0.25) is 4.90 Å². The first-order valence-electron chi connectivity index (χ1n) is 9.24. The molecule has 3 rings (SSSR count). The molecule has 0 bridgehead atoms. The first-order chi connectivity index (χ1) is 12.1. The van der Waals surface area contributed by atoms with Crippen LogP contribution in [-0.2, 0) is 6.54 Å². The lowest BCUT2D eigenvalue weighted by molar-refractivity contribution is 0.216. The second-order valence-corrected chi connectivity index (χ2v) is 7.25. The molecule has 1 aromatic carbocycles. The SMILES string of the molecule is COc1cc(OC)cc(C2c3cccn3CCCN2CCC(C)C)c1. The topological polar surface area (TPSA) is 26.6 Å². The van der Waals surface area contributed by atoms with Gasteiger partial charge in [0.15, 0.2) is 0 Å². The molecule has 0 amide bonds. The summed E-state index contributed by atoms with van der Waals surface area (Å²) in [6.45, 7) is 7.89. The lowest BCUT2D eigenvalue weighted by Crippen LogP contribution is -2.31. The Bertz CT molecular complexity index is 671. The largest absolute Gasteiger partial charge is 0.497 e. The second kappa shape index (κ2) is 7.96. The second-order valence-electron chi connectivity index (χ2n) is 7.25. The molecule has 1 aromatic heterocycles. The summed E-state index contributed by atoms with van der Waals surface area (Å²) in [7, 11) is 3.43. The van der Waals surface area contributed by atoms with Crippen LogP contribution < -0.4 is 9.47 Å². The normalized spacial score (nSPS) is 18.0. The van der Waals surface area contributed by atoms with Crippen LogP contribution in [0.3, 0.4) is 0 Å². The number of hydrogen-bond acceptors (Lipinski definition) is 3. The van der Waals surface area contributed by atoms with Crippen molar-refractivity contribution in [3.63, 3.8) is 0 Å². The molecule has 4 nitrogen and oxygen atoms in total. The number of nitrogens with zero attached hydrogens (tertiary/aromatic N) is 2. The number of benzene rings is 1. The molecular formula is C21H30N2O2. The zero-order chi connectivity index (χ0) is 17.8. The van der Waals surface area contributed by atoms with Gasteiger partial charge in [-0.2, -0.15) is 0 Å². The van der Waals surface area contributed by atoms with E-state index < -0.39 is 0 Å². The van der Waals surface area contributed by atoms with E-state index in [9.17, 15) is 0 Å². The van der Waals surface area contributed by atoms with Gasteiger partial charge >= 0.3 is 0 Å². The molecule has 1 aliphatic rings. The van der Waals surface area contributed by atoms with Crippen molar-refractivity contribution in [2.75, 3.05) is 27.3 Å². The smallest absolute Gasteiger partial charge is 0.122 e. The van der Waals surface area contributed by atoms with Crippen molar-refractivity contribution in [1.29, 1.82) is 0 Å². The molecule has 136 valence electrons. The Balaban J connectivity index is 2.03. The highest BCUT2D eigenvalue weighted by molar-refractivity contribution is 5.42. The monoisotopic (exact) mass is 342 g/mol. The highest BCUT2D eigenvalue weighted by Crippen LogP contribution is 2.36. The Labute approximate surface area is 151 Å². The van der Waals surface area contributed by atoms with E-state index in [1.165, 1.54) is 24.1 Å². The summed E-state index contributed by atoms with van der Waals surface area (Å²) >= 11 is 0. The minimum Gasteiger partial charge on any atom is -0.497 e. The third kappa shape index (κ3) is 4.01. The predicted octanol–water partition coefficient (Wildman–Crippen LogP) is 4.35. The molecule has 0 spiro atoms. The van der Waals surface area contributed by atoms with E-state index in [0.717, 1.165) is 31.1 Å². The van der Waals surface area contributed by atoms with E-state index in [1.54, 1.807) is 14.2 Å². The third-order valence-electron chi connectivity index (χ3n) is 5.04. The number of aromatic nitrogens is 1. The van der Waals surface area contributed by atoms with Gasteiger partial charge in [0, 0.05) is 31.0 Å². The molecule has 25 heavy (non-hydrogen) atoms. The fourth-order valence-electron chi connectivity index (χ4n) is 3.67. The van der Waals surface area contributed by atoms with Gasteiger partial charge in [-0.05, 0) is 55.1 Å². The van der Waals surface area contributed by atoms with Crippen molar-refractivity contribution < 1.29 is 9.47 Å². The van der Waals surface area contributed by atoms with E-state index in [0.29, 0.717) is 5.92 Å². The molecule has 4 heteroatoms. The first-order valence-corrected chi connectivity index (χ1v) is 9.24. The maximum absolute atomic E-state index is 5.52. The number of ether oxygens (including phenoxy) is 2. The van der Waals surface area contributed by atoms with E-state index in [4.69, 9.17) is 9.47 Å². The van der Waals surface area contributed by atoms with E-state index >= 15 is 0 Å². The first kappa shape index (κ1) is 17.9. The Hall–Kier alpha value is -1.94. The molecular weight excluding hydrogens is 312 g/mol. The lowest BCUT2D eigenvalue weighted by atomic mass is 10.00. The summed E-state index contributed by atoms with van der Waals surface area (Å²) in [5.41, 5.74) is 2.60. The van der Waals surface area contributed by atoms with Gasteiger partial charge in [0.2, 0.25) is 0 Å².